The van der Waals surface area contributed by atoms with Gasteiger partial charge in [-0.15, -0.1) is 11.3 Å². The number of aryl methyl sites for hydroxylation is 1. The molecule has 0 bridgehead atoms. The predicted molar refractivity (Wildman–Crippen MR) is 85.7 cm³/mol. The number of sulfonamides is 1. The van der Waals surface area contributed by atoms with Crippen molar-refractivity contribution >= 4 is 21.4 Å². The molecule has 0 saturated carbocycles. The Kier molecular flexibility index (Phi) is 5.94. The molecule has 0 aromatic carbocycles. The highest BCUT2D eigenvalue weighted by molar-refractivity contribution is 7.91. The summed E-state index contributed by atoms with van der Waals surface area (Å²) >= 11 is 1.34. The zero-order valence-electron chi connectivity index (χ0n) is 12.9. The maximum absolute atomic E-state index is 12.4. The van der Waals surface area contributed by atoms with Crippen molar-refractivity contribution in [3.8, 4) is 0 Å². The number of hydrogen-bond acceptors (Lipinski definition) is 4. The summed E-state index contributed by atoms with van der Waals surface area (Å²) < 4.78 is 26.6. The standard InChI is InChI=1S/C14H24N2O2S2/c1-10(2)9-16(6)20(17,18)14-7-12(5)13(19-14)8-15-11(3)4/h7,11,15H,1,8-9H2,2-6H3. The van der Waals surface area contributed by atoms with E-state index in [2.05, 4.69) is 25.7 Å². The lowest BCUT2D eigenvalue weighted by Gasteiger charge is -2.15. The summed E-state index contributed by atoms with van der Waals surface area (Å²) in [6.45, 7) is 12.7. The lowest BCUT2D eigenvalue weighted by atomic mass is 10.3. The van der Waals surface area contributed by atoms with Crippen molar-refractivity contribution in [3.05, 3.63) is 28.7 Å². The van der Waals surface area contributed by atoms with Gasteiger partial charge in [0, 0.05) is 31.1 Å². The van der Waals surface area contributed by atoms with Gasteiger partial charge in [-0.3, -0.25) is 0 Å². The molecule has 0 aliphatic carbocycles. The highest BCUT2D eigenvalue weighted by atomic mass is 32.2. The van der Waals surface area contributed by atoms with Gasteiger partial charge in [0.05, 0.1) is 0 Å². The quantitative estimate of drug-likeness (QED) is 0.787. The van der Waals surface area contributed by atoms with Crippen LogP contribution in [0.25, 0.3) is 0 Å². The van der Waals surface area contributed by atoms with Crippen LogP contribution >= 0.6 is 11.3 Å². The Morgan fingerprint density at radius 1 is 1.50 bits per heavy atom. The average Bonchev–Trinajstić information content (AvgIpc) is 2.67. The van der Waals surface area contributed by atoms with Gasteiger partial charge in [0.15, 0.2) is 0 Å². The smallest absolute Gasteiger partial charge is 0.252 e. The molecule has 1 heterocycles. The van der Waals surface area contributed by atoms with Gasteiger partial charge >= 0.3 is 0 Å². The van der Waals surface area contributed by atoms with E-state index in [9.17, 15) is 8.42 Å². The third-order valence-corrected chi connectivity index (χ3v) is 6.32. The molecular weight excluding hydrogens is 292 g/mol. The molecule has 0 radical (unpaired) electrons. The Hall–Kier alpha value is -0.690. The molecule has 0 saturated heterocycles. The van der Waals surface area contributed by atoms with Crippen LogP contribution in [0.3, 0.4) is 0 Å². The molecule has 0 amide bonds. The Labute approximate surface area is 126 Å². The average molecular weight is 316 g/mol. The van der Waals surface area contributed by atoms with E-state index in [0.29, 0.717) is 23.3 Å². The maximum Gasteiger partial charge on any atom is 0.252 e. The second kappa shape index (κ2) is 6.85. The van der Waals surface area contributed by atoms with Crippen molar-refractivity contribution in [2.45, 2.75) is 44.5 Å². The first-order valence-electron chi connectivity index (χ1n) is 6.58. The number of hydrogen-bond donors (Lipinski definition) is 1. The minimum Gasteiger partial charge on any atom is -0.310 e. The van der Waals surface area contributed by atoms with Crippen molar-refractivity contribution in [1.82, 2.24) is 9.62 Å². The van der Waals surface area contributed by atoms with Crippen LogP contribution in [-0.2, 0) is 16.6 Å². The first kappa shape index (κ1) is 17.4. The molecule has 0 aliphatic rings. The summed E-state index contributed by atoms with van der Waals surface area (Å²) in [5, 5.41) is 3.32. The highest BCUT2D eigenvalue weighted by Crippen LogP contribution is 2.28. The molecule has 1 aromatic rings. The van der Waals surface area contributed by atoms with Gasteiger partial charge in [0.25, 0.3) is 10.0 Å². The Bertz CT molecular complexity index is 574. The second-order valence-corrected chi connectivity index (χ2v) is 8.83. The fraction of sp³-hybridized carbons (Fsp3) is 0.571. The van der Waals surface area contributed by atoms with E-state index >= 15 is 0 Å². The first-order chi connectivity index (χ1) is 9.14. The molecular formula is C14H24N2O2S2. The van der Waals surface area contributed by atoms with Crippen molar-refractivity contribution in [2.75, 3.05) is 13.6 Å². The van der Waals surface area contributed by atoms with Crippen molar-refractivity contribution in [2.24, 2.45) is 0 Å². The van der Waals surface area contributed by atoms with E-state index in [0.717, 1.165) is 16.0 Å². The largest absolute Gasteiger partial charge is 0.310 e. The van der Waals surface area contributed by atoms with Gasteiger partial charge in [0.2, 0.25) is 0 Å². The van der Waals surface area contributed by atoms with Gasteiger partial charge in [-0.25, -0.2) is 8.42 Å². The van der Waals surface area contributed by atoms with Crippen molar-refractivity contribution in [3.63, 3.8) is 0 Å². The van der Waals surface area contributed by atoms with E-state index in [1.165, 1.54) is 15.6 Å². The number of nitrogens with zero attached hydrogens (tertiary/aromatic N) is 1. The molecule has 1 rings (SSSR count). The van der Waals surface area contributed by atoms with Crippen LogP contribution in [0.15, 0.2) is 22.4 Å². The minimum atomic E-state index is -3.41. The normalized spacial score (nSPS) is 12.3. The van der Waals surface area contributed by atoms with E-state index in [-0.39, 0.29) is 0 Å². The van der Waals surface area contributed by atoms with Gasteiger partial charge in [-0.1, -0.05) is 26.0 Å². The molecule has 114 valence electrons. The summed E-state index contributed by atoms with van der Waals surface area (Å²) in [4.78, 5) is 1.07. The summed E-state index contributed by atoms with van der Waals surface area (Å²) in [5.41, 5.74) is 1.84. The van der Waals surface area contributed by atoms with E-state index in [4.69, 9.17) is 0 Å². The first-order valence-corrected chi connectivity index (χ1v) is 8.83. The summed E-state index contributed by atoms with van der Waals surface area (Å²) in [6, 6.07) is 2.13. The lowest BCUT2D eigenvalue weighted by molar-refractivity contribution is 0.495. The van der Waals surface area contributed by atoms with Crippen LogP contribution in [0.4, 0.5) is 0 Å². The zero-order chi connectivity index (χ0) is 15.5. The van der Waals surface area contributed by atoms with Crippen LogP contribution < -0.4 is 5.32 Å². The molecule has 4 nitrogen and oxygen atoms in total. The molecule has 0 spiro atoms. The van der Waals surface area contributed by atoms with Gasteiger partial charge < -0.3 is 5.32 Å². The number of thiophene rings is 1. The number of rotatable bonds is 7. The summed E-state index contributed by atoms with van der Waals surface area (Å²) in [6.07, 6.45) is 0. The monoisotopic (exact) mass is 316 g/mol. The van der Waals surface area contributed by atoms with Crippen molar-refractivity contribution in [1.29, 1.82) is 0 Å². The Balaban J connectivity index is 2.96. The predicted octanol–water partition coefficient (Wildman–Crippen LogP) is 2.75. The molecule has 0 atom stereocenters. The maximum atomic E-state index is 12.4. The summed E-state index contributed by atoms with van der Waals surface area (Å²) in [7, 11) is -1.82. The molecule has 0 unspecified atom stereocenters. The van der Waals surface area contributed by atoms with Crippen LogP contribution in [-0.4, -0.2) is 32.4 Å². The van der Waals surface area contributed by atoms with Crippen molar-refractivity contribution < 1.29 is 8.42 Å². The van der Waals surface area contributed by atoms with Gasteiger partial charge in [-0.05, 0) is 25.5 Å². The van der Waals surface area contributed by atoms with E-state index in [1.54, 1.807) is 13.1 Å². The fourth-order valence-corrected chi connectivity index (χ4v) is 4.69. The highest BCUT2D eigenvalue weighted by Gasteiger charge is 2.23. The molecule has 0 fully saturated rings. The molecule has 6 heteroatoms. The lowest BCUT2D eigenvalue weighted by Crippen LogP contribution is -2.27. The second-order valence-electron chi connectivity index (χ2n) is 5.43. The zero-order valence-corrected chi connectivity index (χ0v) is 14.5. The molecule has 1 N–H and O–H groups in total. The third-order valence-electron chi connectivity index (χ3n) is 2.83. The SMILES string of the molecule is C=C(C)CN(C)S(=O)(=O)c1cc(C)c(CNC(C)C)s1. The summed E-state index contributed by atoms with van der Waals surface area (Å²) in [5.74, 6) is 0. The van der Waals surface area contributed by atoms with Crippen LogP contribution in [0.5, 0.6) is 0 Å². The Morgan fingerprint density at radius 3 is 2.60 bits per heavy atom. The third kappa shape index (κ3) is 4.41. The number of likely N-dealkylation sites (N-methyl/N-ethyl adjacent to an activating group) is 1. The molecule has 1 aromatic heterocycles. The van der Waals surface area contributed by atoms with E-state index in [1.807, 2.05) is 13.8 Å². The minimum absolute atomic E-state index is 0.346. The molecule has 0 aliphatic heterocycles. The van der Waals surface area contributed by atoms with E-state index < -0.39 is 10.0 Å². The van der Waals surface area contributed by atoms with Gasteiger partial charge in [0.1, 0.15) is 4.21 Å². The van der Waals surface area contributed by atoms with Crippen LogP contribution in [0.2, 0.25) is 0 Å². The molecule has 20 heavy (non-hydrogen) atoms. The fourth-order valence-electron chi connectivity index (χ4n) is 1.71. The van der Waals surface area contributed by atoms with Crippen LogP contribution in [0.1, 0.15) is 31.2 Å². The topological polar surface area (TPSA) is 49.4 Å². The Morgan fingerprint density at radius 2 is 2.10 bits per heavy atom. The van der Waals surface area contributed by atoms with Crippen LogP contribution in [0, 0.1) is 6.92 Å². The van der Waals surface area contributed by atoms with Gasteiger partial charge in [-0.2, -0.15) is 4.31 Å². The number of nitrogens with one attached hydrogen (secondary N) is 1.